The van der Waals surface area contributed by atoms with Crippen LogP contribution in [-0.2, 0) is 0 Å². The van der Waals surface area contributed by atoms with Crippen molar-refractivity contribution in [3.8, 4) is 17.2 Å². The predicted molar refractivity (Wildman–Crippen MR) is 79.6 cm³/mol. The Morgan fingerprint density at radius 2 is 1.65 bits per heavy atom. The van der Waals surface area contributed by atoms with E-state index in [0.717, 1.165) is 0 Å². The first-order valence-electron chi connectivity index (χ1n) is 6.65. The standard InChI is InChI=1S/C16H16O7/c1-8-7-22-9(2)13(8)16(19)23-14-11(20-3)5-10(15(17)18)6-12(14)21-4/h5-7H,1-4H3,(H,17,18). The first-order valence-corrected chi connectivity index (χ1v) is 6.65. The summed E-state index contributed by atoms with van der Waals surface area (Å²) in [5.74, 6) is -1.21. The van der Waals surface area contributed by atoms with Gasteiger partial charge in [-0.05, 0) is 26.0 Å². The van der Waals surface area contributed by atoms with E-state index in [1.54, 1.807) is 13.8 Å². The van der Waals surface area contributed by atoms with Crippen LogP contribution >= 0.6 is 0 Å². The molecule has 2 rings (SSSR count). The fourth-order valence-corrected chi connectivity index (χ4v) is 2.12. The molecule has 0 fully saturated rings. The fraction of sp³-hybridized carbons (Fsp3) is 0.250. The van der Waals surface area contributed by atoms with Gasteiger partial charge < -0.3 is 23.7 Å². The largest absolute Gasteiger partial charge is 0.493 e. The Bertz CT molecular complexity index is 713. The van der Waals surface area contributed by atoms with E-state index in [4.69, 9.17) is 23.7 Å². The lowest BCUT2D eigenvalue weighted by Crippen LogP contribution is -2.12. The van der Waals surface area contributed by atoms with Gasteiger partial charge in [0, 0.05) is 5.56 Å². The van der Waals surface area contributed by atoms with Gasteiger partial charge >= 0.3 is 11.9 Å². The van der Waals surface area contributed by atoms with Crippen LogP contribution in [0.2, 0.25) is 0 Å². The maximum Gasteiger partial charge on any atom is 0.347 e. The van der Waals surface area contributed by atoms with Gasteiger partial charge in [-0.15, -0.1) is 0 Å². The van der Waals surface area contributed by atoms with Crippen LogP contribution in [0.15, 0.2) is 22.8 Å². The SMILES string of the molecule is COc1cc(C(=O)O)cc(OC)c1OC(=O)c1c(C)coc1C. The summed E-state index contributed by atoms with van der Waals surface area (Å²) in [6.07, 6.45) is 1.45. The number of carbonyl (C=O) groups excluding carboxylic acids is 1. The molecular weight excluding hydrogens is 304 g/mol. The van der Waals surface area contributed by atoms with Gasteiger partial charge in [0.15, 0.2) is 11.5 Å². The molecule has 0 unspecified atom stereocenters. The molecule has 122 valence electrons. The fourth-order valence-electron chi connectivity index (χ4n) is 2.12. The average Bonchev–Trinajstić information content (AvgIpc) is 2.85. The van der Waals surface area contributed by atoms with E-state index in [2.05, 4.69) is 0 Å². The highest BCUT2D eigenvalue weighted by Gasteiger charge is 2.23. The molecule has 1 aromatic carbocycles. The third-order valence-electron chi connectivity index (χ3n) is 3.27. The van der Waals surface area contributed by atoms with Gasteiger partial charge in [0.1, 0.15) is 11.3 Å². The lowest BCUT2D eigenvalue weighted by molar-refractivity contribution is 0.0696. The monoisotopic (exact) mass is 320 g/mol. The summed E-state index contributed by atoms with van der Waals surface area (Å²) in [4.78, 5) is 23.5. The normalized spacial score (nSPS) is 10.3. The van der Waals surface area contributed by atoms with E-state index < -0.39 is 11.9 Å². The van der Waals surface area contributed by atoms with Crippen molar-refractivity contribution in [3.05, 3.63) is 40.8 Å². The lowest BCUT2D eigenvalue weighted by Gasteiger charge is -2.14. The molecule has 0 aliphatic rings. The first-order chi connectivity index (χ1) is 10.9. The Kier molecular flexibility index (Phi) is 4.59. The summed E-state index contributed by atoms with van der Waals surface area (Å²) in [5, 5.41) is 9.09. The smallest absolute Gasteiger partial charge is 0.347 e. The van der Waals surface area contributed by atoms with E-state index >= 15 is 0 Å². The molecule has 0 radical (unpaired) electrons. The number of carboxylic acids is 1. The minimum atomic E-state index is -1.15. The van der Waals surface area contributed by atoms with E-state index in [1.165, 1.54) is 32.6 Å². The number of aryl methyl sites for hydroxylation is 2. The molecule has 7 heteroatoms. The third-order valence-corrected chi connectivity index (χ3v) is 3.27. The van der Waals surface area contributed by atoms with Crippen LogP contribution in [-0.4, -0.2) is 31.3 Å². The van der Waals surface area contributed by atoms with E-state index in [-0.39, 0.29) is 22.8 Å². The van der Waals surface area contributed by atoms with Crippen molar-refractivity contribution in [1.82, 2.24) is 0 Å². The Balaban J connectivity index is 2.46. The maximum absolute atomic E-state index is 12.4. The number of hydrogen-bond donors (Lipinski definition) is 1. The van der Waals surface area contributed by atoms with Crippen LogP contribution in [0, 0.1) is 13.8 Å². The molecule has 0 aliphatic heterocycles. The van der Waals surface area contributed by atoms with Crippen LogP contribution in [0.25, 0.3) is 0 Å². The number of ether oxygens (including phenoxy) is 3. The number of esters is 1. The molecule has 23 heavy (non-hydrogen) atoms. The lowest BCUT2D eigenvalue weighted by atomic mass is 10.1. The quantitative estimate of drug-likeness (QED) is 0.668. The van der Waals surface area contributed by atoms with Gasteiger partial charge in [-0.3, -0.25) is 0 Å². The van der Waals surface area contributed by atoms with Gasteiger partial charge in [0.25, 0.3) is 0 Å². The van der Waals surface area contributed by atoms with Crippen LogP contribution in [0.4, 0.5) is 0 Å². The predicted octanol–water partition coefficient (Wildman–Crippen LogP) is 2.83. The van der Waals surface area contributed by atoms with Crippen LogP contribution in [0.1, 0.15) is 32.0 Å². The molecule has 0 saturated carbocycles. The van der Waals surface area contributed by atoms with Gasteiger partial charge in [-0.1, -0.05) is 0 Å². The first kappa shape index (κ1) is 16.4. The van der Waals surface area contributed by atoms with Crippen molar-refractivity contribution >= 4 is 11.9 Å². The van der Waals surface area contributed by atoms with Crippen molar-refractivity contribution < 1.29 is 33.3 Å². The number of rotatable bonds is 5. The highest BCUT2D eigenvalue weighted by atomic mass is 16.6. The second kappa shape index (κ2) is 6.43. The molecule has 7 nitrogen and oxygen atoms in total. The number of benzene rings is 1. The van der Waals surface area contributed by atoms with E-state index in [9.17, 15) is 9.59 Å². The van der Waals surface area contributed by atoms with Crippen molar-refractivity contribution in [1.29, 1.82) is 0 Å². The minimum Gasteiger partial charge on any atom is -0.493 e. The van der Waals surface area contributed by atoms with Crippen LogP contribution < -0.4 is 14.2 Å². The number of carboxylic acid groups (broad SMARTS) is 1. The zero-order valence-electron chi connectivity index (χ0n) is 13.1. The van der Waals surface area contributed by atoms with E-state index in [0.29, 0.717) is 16.9 Å². The summed E-state index contributed by atoms with van der Waals surface area (Å²) in [7, 11) is 2.68. The Morgan fingerprint density at radius 3 is 2.04 bits per heavy atom. The zero-order chi connectivity index (χ0) is 17.1. The molecule has 0 bridgehead atoms. The van der Waals surface area contributed by atoms with Crippen molar-refractivity contribution in [2.75, 3.05) is 14.2 Å². The molecule has 0 aliphatic carbocycles. The summed E-state index contributed by atoms with van der Waals surface area (Å²) in [5.41, 5.74) is 0.887. The number of furan rings is 1. The van der Waals surface area contributed by atoms with Crippen molar-refractivity contribution in [2.45, 2.75) is 13.8 Å². The molecular formula is C16H16O7. The maximum atomic E-state index is 12.4. The molecule has 0 spiro atoms. The molecule has 0 atom stereocenters. The Hall–Kier alpha value is -2.96. The summed E-state index contributed by atoms with van der Waals surface area (Å²) in [6, 6.07) is 2.51. The van der Waals surface area contributed by atoms with Gasteiger partial charge in [-0.2, -0.15) is 0 Å². The zero-order valence-corrected chi connectivity index (χ0v) is 13.1. The van der Waals surface area contributed by atoms with E-state index in [1.807, 2.05) is 0 Å². The number of aromatic carboxylic acids is 1. The van der Waals surface area contributed by atoms with Crippen molar-refractivity contribution in [2.24, 2.45) is 0 Å². The van der Waals surface area contributed by atoms with Gasteiger partial charge in [-0.25, -0.2) is 9.59 Å². The summed E-state index contributed by atoms with van der Waals surface area (Å²) in [6.45, 7) is 3.36. The molecule has 1 N–H and O–H groups in total. The number of carbonyl (C=O) groups is 2. The highest BCUT2D eigenvalue weighted by molar-refractivity contribution is 5.95. The minimum absolute atomic E-state index is 0.00463. The number of hydrogen-bond acceptors (Lipinski definition) is 6. The molecule has 0 saturated heterocycles. The Labute approximate surface area is 132 Å². The molecule has 1 heterocycles. The van der Waals surface area contributed by atoms with Gasteiger partial charge in [0.05, 0.1) is 26.0 Å². The molecule has 0 amide bonds. The number of methoxy groups -OCH3 is 2. The molecule has 1 aromatic heterocycles. The topological polar surface area (TPSA) is 95.2 Å². The van der Waals surface area contributed by atoms with Crippen LogP contribution in [0.3, 0.4) is 0 Å². The summed E-state index contributed by atoms with van der Waals surface area (Å²) >= 11 is 0. The Morgan fingerprint density at radius 1 is 1.09 bits per heavy atom. The second-order valence-electron chi connectivity index (χ2n) is 4.75. The summed E-state index contributed by atoms with van der Waals surface area (Å²) < 4.78 is 20.8. The van der Waals surface area contributed by atoms with Crippen LogP contribution in [0.5, 0.6) is 17.2 Å². The molecule has 2 aromatic rings. The highest BCUT2D eigenvalue weighted by Crippen LogP contribution is 2.39. The second-order valence-corrected chi connectivity index (χ2v) is 4.75. The van der Waals surface area contributed by atoms with Gasteiger partial charge in [0.2, 0.25) is 5.75 Å². The third kappa shape index (κ3) is 3.13. The average molecular weight is 320 g/mol. The van der Waals surface area contributed by atoms with Crippen molar-refractivity contribution in [3.63, 3.8) is 0 Å².